The van der Waals surface area contributed by atoms with Crippen molar-refractivity contribution in [2.24, 2.45) is 0 Å². The molecule has 3 N–H and O–H groups in total. The zero-order chi connectivity index (χ0) is 17.5. The van der Waals surface area contributed by atoms with E-state index in [0.29, 0.717) is 18.7 Å². The molecule has 0 bridgehead atoms. The first-order valence-electron chi connectivity index (χ1n) is 7.94. The molecule has 0 fully saturated rings. The molecule has 1 unspecified atom stereocenters. The van der Waals surface area contributed by atoms with Crippen molar-refractivity contribution in [3.8, 4) is 0 Å². The van der Waals surface area contributed by atoms with Crippen molar-refractivity contribution in [1.82, 2.24) is 10.6 Å². The minimum atomic E-state index is -0.146. The van der Waals surface area contributed by atoms with Gasteiger partial charge in [-0.05, 0) is 31.2 Å². The Morgan fingerprint density at radius 3 is 2.50 bits per heavy atom. The molecular weight excluding hydrogens is 306 g/mol. The molecule has 1 aromatic carbocycles. The molecule has 0 aliphatic carbocycles. The van der Waals surface area contributed by atoms with Crippen molar-refractivity contribution in [3.63, 3.8) is 0 Å². The number of benzene rings is 1. The summed E-state index contributed by atoms with van der Waals surface area (Å²) in [6.07, 6.45) is 1.60. The lowest BCUT2D eigenvalue weighted by Crippen LogP contribution is -3.08. The van der Waals surface area contributed by atoms with Crippen LogP contribution in [-0.4, -0.2) is 32.5 Å². The van der Waals surface area contributed by atoms with Gasteiger partial charge in [0.25, 0.3) is 11.8 Å². The first-order chi connectivity index (χ1) is 11.5. The molecule has 24 heavy (non-hydrogen) atoms. The number of amides is 2. The normalized spacial score (nSPS) is 13.1. The lowest BCUT2D eigenvalue weighted by Gasteiger charge is -2.16. The SMILES string of the molecule is CNC(=O)c1ccc(C[NH+](C)CC(=O)N[C@H](C)c2ccco2)cc1. The van der Waals surface area contributed by atoms with Crippen molar-refractivity contribution in [1.29, 1.82) is 0 Å². The van der Waals surface area contributed by atoms with E-state index >= 15 is 0 Å². The van der Waals surface area contributed by atoms with Crippen LogP contribution in [0.2, 0.25) is 0 Å². The molecule has 6 nitrogen and oxygen atoms in total. The van der Waals surface area contributed by atoms with E-state index in [2.05, 4.69) is 10.6 Å². The van der Waals surface area contributed by atoms with Gasteiger partial charge in [-0.1, -0.05) is 12.1 Å². The molecule has 2 aromatic rings. The van der Waals surface area contributed by atoms with Crippen LogP contribution in [0.3, 0.4) is 0 Å². The molecule has 2 amide bonds. The summed E-state index contributed by atoms with van der Waals surface area (Å²) in [6.45, 7) is 2.96. The standard InChI is InChI=1S/C18H23N3O3/c1-13(16-5-4-10-24-16)20-17(22)12-21(3)11-14-6-8-15(9-7-14)18(23)19-2/h4-10,13H,11-12H2,1-3H3,(H,19,23)(H,20,22)/p+1/t13-/m1/s1. The average molecular weight is 330 g/mol. The van der Waals surface area contributed by atoms with Gasteiger partial charge in [-0.3, -0.25) is 9.59 Å². The van der Waals surface area contributed by atoms with E-state index < -0.39 is 0 Å². The van der Waals surface area contributed by atoms with Gasteiger partial charge in [0.15, 0.2) is 6.54 Å². The summed E-state index contributed by atoms with van der Waals surface area (Å²) in [6, 6.07) is 10.9. The number of likely N-dealkylation sites (N-methyl/N-ethyl adjacent to an activating group) is 1. The molecule has 6 heteroatoms. The third kappa shape index (κ3) is 4.96. The van der Waals surface area contributed by atoms with E-state index in [9.17, 15) is 9.59 Å². The molecule has 2 rings (SSSR count). The van der Waals surface area contributed by atoms with E-state index in [1.165, 1.54) is 0 Å². The maximum atomic E-state index is 12.1. The number of carbonyl (C=O) groups is 2. The number of furan rings is 1. The first-order valence-corrected chi connectivity index (χ1v) is 7.94. The Morgan fingerprint density at radius 1 is 1.21 bits per heavy atom. The van der Waals surface area contributed by atoms with Gasteiger partial charge in [-0.15, -0.1) is 0 Å². The Kier molecular flexibility index (Phi) is 6.14. The zero-order valence-corrected chi connectivity index (χ0v) is 14.3. The average Bonchev–Trinajstić information content (AvgIpc) is 3.09. The van der Waals surface area contributed by atoms with Gasteiger partial charge in [0.2, 0.25) is 0 Å². The first kappa shape index (κ1) is 17.7. The Bertz CT molecular complexity index is 665. The summed E-state index contributed by atoms with van der Waals surface area (Å²) in [4.78, 5) is 24.7. The molecule has 0 spiro atoms. The van der Waals surface area contributed by atoms with Gasteiger partial charge in [0, 0.05) is 18.2 Å². The summed E-state index contributed by atoms with van der Waals surface area (Å²) in [5.41, 5.74) is 1.70. The van der Waals surface area contributed by atoms with Gasteiger partial charge in [0.05, 0.1) is 19.4 Å². The number of hydrogen-bond donors (Lipinski definition) is 3. The molecule has 0 radical (unpaired) electrons. The molecule has 1 aromatic heterocycles. The third-order valence-electron chi connectivity index (χ3n) is 3.76. The van der Waals surface area contributed by atoms with E-state index in [4.69, 9.17) is 4.42 Å². The monoisotopic (exact) mass is 330 g/mol. The summed E-state index contributed by atoms with van der Waals surface area (Å²) in [5, 5.41) is 5.52. The van der Waals surface area contributed by atoms with Crippen molar-refractivity contribution >= 4 is 11.8 Å². The molecule has 0 saturated heterocycles. The van der Waals surface area contributed by atoms with Crippen LogP contribution >= 0.6 is 0 Å². The number of rotatable bonds is 7. The molecule has 0 saturated carbocycles. The Balaban J connectivity index is 1.82. The molecule has 1 heterocycles. The highest BCUT2D eigenvalue weighted by Crippen LogP contribution is 2.11. The highest BCUT2D eigenvalue weighted by atomic mass is 16.3. The number of quaternary nitrogens is 1. The Morgan fingerprint density at radius 2 is 1.92 bits per heavy atom. The van der Waals surface area contributed by atoms with E-state index in [0.717, 1.165) is 16.2 Å². The summed E-state index contributed by atoms with van der Waals surface area (Å²) in [5.74, 6) is 0.609. The quantitative estimate of drug-likeness (QED) is 0.693. The van der Waals surface area contributed by atoms with Crippen LogP contribution in [0.5, 0.6) is 0 Å². The predicted molar refractivity (Wildman–Crippen MR) is 90.6 cm³/mol. The molecule has 2 atom stereocenters. The van der Waals surface area contributed by atoms with Crippen LogP contribution in [0.15, 0.2) is 47.1 Å². The van der Waals surface area contributed by atoms with E-state index in [1.54, 1.807) is 31.5 Å². The summed E-state index contributed by atoms with van der Waals surface area (Å²) < 4.78 is 5.28. The zero-order valence-electron chi connectivity index (χ0n) is 14.3. The minimum Gasteiger partial charge on any atom is -0.467 e. The molecule has 128 valence electrons. The lowest BCUT2D eigenvalue weighted by atomic mass is 10.1. The van der Waals surface area contributed by atoms with Crippen molar-refractivity contribution in [3.05, 3.63) is 59.5 Å². The number of carbonyl (C=O) groups excluding carboxylic acids is 2. The lowest BCUT2D eigenvalue weighted by molar-refractivity contribution is -0.885. The molecule has 0 aliphatic heterocycles. The van der Waals surface area contributed by atoms with Crippen LogP contribution in [0.4, 0.5) is 0 Å². The maximum absolute atomic E-state index is 12.1. The second-order valence-corrected chi connectivity index (χ2v) is 5.89. The topological polar surface area (TPSA) is 75.8 Å². The van der Waals surface area contributed by atoms with Crippen LogP contribution in [-0.2, 0) is 11.3 Å². The van der Waals surface area contributed by atoms with Gasteiger partial charge in [-0.2, -0.15) is 0 Å². The largest absolute Gasteiger partial charge is 0.467 e. The summed E-state index contributed by atoms with van der Waals surface area (Å²) >= 11 is 0. The fraction of sp³-hybridized carbons (Fsp3) is 0.333. The predicted octanol–water partition coefficient (Wildman–Crippen LogP) is 0.531. The van der Waals surface area contributed by atoms with Gasteiger partial charge in [-0.25, -0.2) is 0 Å². The van der Waals surface area contributed by atoms with E-state index in [-0.39, 0.29) is 17.9 Å². The molecular formula is C18H24N3O3+. The van der Waals surface area contributed by atoms with Crippen molar-refractivity contribution < 1.29 is 18.9 Å². The fourth-order valence-corrected chi connectivity index (χ4v) is 2.50. The Labute approximate surface area is 141 Å². The van der Waals surface area contributed by atoms with Crippen LogP contribution in [0.1, 0.15) is 34.6 Å². The second kappa shape index (κ2) is 8.31. The van der Waals surface area contributed by atoms with Crippen molar-refractivity contribution in [2.75, 3.05) is 20.6 Å². The number of hydrogen-bond acceptors (Lipinski definition) is 3. The smallest absolute Gasteiger partial charge is 0.275 e. The highest BCUT2D eigenvalue weighted by molar-refractivity contribution is 5.93. The van der Waals surface area contributed by atoms with Gasteiger partial charge >= 0.3 is 0 Å². The third-order valence-corrected chi connectivity index (χ3v) is 3.76. The second-order valence-electron chi connectivity index (χ2n) is 5.89. The fourth-order valence-electron chi connectivity index (χ4n) is 2.50. The highest BCUT2D eigenvalue weighted by Gasteiger charge is 2.15. The van der Waals surface area contributed by atoms with Gasteiger partial charge in [0.1, 0.15) is 12.3 Å². The Hall–Kier alpha value is -2.60. The van der Waals surface area contributed by atoms with Crippen LogP contribution in [0.25, 0.3) is 0 Å². The minimum absolute atomic E-state index is 0.0293. The molecule has 0 aliphatic rings. The van der Waals surface area contributed by atoms with Crippen molar-refractivity contribution in [2.45, 2.75) is 19.5 Å². The van der Waals surface area contributed by atoms with Crippen LogP contribution in [0, 0.1) is 0 Å². The van der Waals surface area contributed by atoms with E-state index in [1.807, 2.05) is 32.2 Å². The van der Waals surface area contributed by atoms with Crippen LogP contribution < -0.4 is 15.5 Å². The summed E-state index contributed by atoms with van der Waals surface area (Å²) in [7, 11) is 3.57. The maximum Gasteiger partial charge on any atom is 0.275 e. The van der Waals surface area contributed by atoms with Gasteiger partial charge < -0.3 is 20.0 Å². The number of nitrogens with one attached hydrogen (secondary N) is 3.